The Hall–Kier alpha value is -0.770. The molecule has 0 saturated heterocycles. The van der Waals surface area contributed by atoms with Crippen molar-refractivity contribution in [1.82, 2.24) is 5.32 Å². The summed E-state index contributed by atoms with van der Waals surface area (Å²) < 4.78 is 5.19. The fourth-order valence-corrected chi connectivity index (χ4v) is 1.72. The zero-order chi connectivity index (χ0) is 14.6. The second kappa shape index (κ2) is 11.3. The molecule has 0 aromatic heterocycles. The molecule has 0 aromatic rings. The van der Waals surface area contributed by atoms with Gasteiger partial charge in [-0.05, 0) is 33.6 Å². The highest BCUT2D eigenvalue weighted by atomic mass is 16.6. The highest BCUT2D eigenvalue weighted by Crippen LogP contribution is 2.18. The van der Waals surface area contributed by atoms with Crippen LogP contribution in [0.4, 0.5) is 4.79 Å². The lowest BCUT2D eigenvalue weighted by atomic mass is 9.96. The monoisotopic (exact) mass is 261 g/mol. The Labute approximate surface area is 112 Å². The molecule has 0 spiro atoms. The highest BCUT2D eigenvalue weighted by Gasteiger charge is 2.20. The fourth-order valence-electron chi connectivity index (χ4n) is 1.72. The van der Waals surface area contributed by atoms with Crippen LogP contribution in [0.25, 0.3) is 0 Å². The summed E-state index contributed by atoms with van der Waals surface area (Å²) in [7, 11) is 1.00. The van der Waals surface area contributed by atoms with Crippen molar-refractivity contribution in [2.45, 2.75) is 78.4 Å². The van der Waals surface area contributed by atoms with E-state index in [9.17, 15) is 4.79 Å². The predicted molar refractivity (Wildman–Crippen MR) is 75.7 cm³/mol. The summed E-state index contributed by atoms with van der Waals surface area (Å²) in [4.78, 5) is 11.4. The first-order chi connectivity index (χ1) is 8.47. The molecule has 0 atom stereocenters. The number of carbonyl (C=O) groups excluding carboxylic acids is 1. The molecule has 4 nitrogen and oxygen atoms in total. The zero-order valence-electron chi connectivity index (χ0n) is 12.9. The third-order valence-electron chi connectivity index (χ3n) is 2.33. The molecule has 1 amide bonds. The number of hydrogen-bond donors (Lipinski definition) is 2. The summed E-state index contributed by atoms with van der Waals surface area (Å²) in [5.41, 5.74) is -0.390. The molecule has 0 unspecified atom stereocenters. The summed E-state index contributed by atoms with van der Waals surface area (Å²) in [5, 5.41) is 9.91. The molecular formula is C14H31NO3. The van der Waals surface area contributed by atoms with Crippen LogP contribution in [-0.4, -0.2) is 30.0 Å². The first-order valence-corrected chi connectivity index (χ1v) is 6.91. The Morgan fingerprint density at radius 2 is 1.56 bits per heavy atom. The zero-order valence-corrected chi connectivity index (χ0v) is 12.9. The van der Waals surface area contributed by atoms with Gasteiger partial charge in [0.25, 0.3) is 0 Å². The van der Waals surface area contributed by atoms with Crippen molar-refractivity contribution < 1.29 is 14.6 Å². The van der Waals surface area contributed by atoms with Gasteiger partial charge < -0.3 is 15.2 Å². The maximum absolute atomic E-state index is 11.4. The number of aliphatic hydroxyl groups excluding tert-OH is 1. The van der Waals surface area contributed by atoms with E-state index in [4.69, 9.17) is 9.84 Å². The van der Waals surface area contributed by atoms with Gasteiger partial charge in [0, 0.05) is 13.2 Å². The summed E-state index contributed by atoms with van der Waals surface area (Å²) in [6, 6.07) is 0.332. The predicted octanol–water partition coefficient (Wildman–Crippen LogP) is 3.48. The van der Waals surface area contributed by atoms with E-state index >= 15 is 0 Å². The lowest BCUT2D eigenvalue weighted by molar-refractivity contribution is 0.0493. The minimum absolute atomic E-state index is 0.274. The molecule has 0 aromatic carbocycles. The van der Waals surface area contributed by atoms with Crippen LogP contribution in [-0.2, 0) is 4.74 Å². The quantitative estimate of drug-likeness (QED) is 0.759. The van der Waals surface area contributed by atoms with Crippen molar-refractivity contribution in [2.24, 2.45) is 0 Å². The van der Waals surface area contributed by atoms with E-state index in [0.717, 1.165) is 20.0 Å². The van der Waals surface area contributed by atoms with Crippen molar-refractivity contribution in [2.75, 3.05) is 7.11 Å². The van der Waals surface area contributed by atoms with Gasteiger partial charge in [0.15, 0.2) is 0 Å². The number of ether oxygens (including phenoxy) is 1. The van der Waals surface area contributed by atoms with Crippen LogP contribution < -0.4 is 5.32 Å². The van der Waals surface area contributed by atoms with E-state index < -0.39 is 5.60 Å². The number of aliphatic hydroxyl groups is 1. The van der Waals surface area contributed by atoms with Gasteiger partial charge in [-0.1, -0.05) is 33.1 Å². The second-order valence-electron chi connectivity index (χ2n) is 4.98. The lowest BCUT2D eigenvalue weighted by Crippen LogP contribution is -2.39. The van der Waals surface area contributed by atoms with Crippen LogP contribution in [0.2, 0.25) is 0 Å². The Balaban J connectivity index is 0. The minimum Gasteiger partial charge on any atom is -0.444 e. The van der Waals surface area contributed by atoms with Gasteiger partial charge in [0.1, 0.15) is 5.60 Å². The standard InChI is InChI=1S/C11H21NO2.C2H6.CH4O/c1-11(2,3)14-10(13)12-9-7-5-4-6-8-9;2*1-2/h9H,4-8H2,1-3H3,(H,12,13);1-2H3;2H,1H3. The van der Waals surface area contributed by atoms with Crippen molar-refractivity contribution in [3.8, 4) is 0 Å². The Bertz CT molecular complexity index is 194. The van der Waals surface area contributed by atoms with Gasteiger partial charge in [0.2, 0.25) is 0 Å². The molecule has 1 saturated carbocycles. The van der Waals surface area contributed by atoms with E-state index in [1.54, 1.807) is 0 Å². The summed E-state index contributed by atoms with van der Waals surface area (Å²) in [6.07, 6.45) is 5.66. The molecule has 1 rings (SSSR count). The maximum atomic E-state index is 11.4. The second-order valence-corrected chi connectivity index (χ2v) is 4.98. The van der Waals surface area contributed by atoms with Gasteiger partial charge in [0.05, 0.1) is 0 Å². The third-order valence-corrected chi connectivity index (χ3v) is 2.33. The SMILES string of the molecule is CC.CC(C)(C)OC(=O)NC1CCCCC1.CO. The molecule has 1 aliphatic rings. The van der Waals surface area contributed by atoms with E-state index in [0.29, 0.717) is 6.04 Å². The molecule has 0 bridgehead atoms. The number of alkyl carbamates (subject to hydrolysis) is 1. The average molecular weight is 261 g/mol. The molecule has 4 heteroatoms. The van der Waals surface area contributed by atoms with Crippen molar-refractivity contribution in [3.05, 3.63) is 0 Å². The van der Waals surface area contributed by atoms with E-state index in [1.807, 2.05) is 34.6 Å². The Morgan fingerprint density at radius 3 is 1.94 bits per heavy atom. The molecule has 0 aliphatic heterocycles. The number of carbonyl (C=O) groups is 1. The van der Waals surface area contributed by atoms with Crippen molar-refractivity contribution in [3.63, 3.8) is 0 Å². The molecule has 0 radical (unpaired) electrons. The lowest BCUT2D eigenvalue weighted by Gasteiger charge is -2.25. The van der Waals surface area contributed by atoms with Gasteiger partial charge in [-0.3, -0.25) is 0 Å². The Morgan fingerprint density at radius 1 is 1.11 bits per heavy atom. The molecule has 110 valence electrons. The summed E-state index contributed by atoms with van der Waals surface area (Å²) in [6.45, 7) is 9.65. The topological polar surface area (TPSA) is 58.6 Å². The van der Waals surface area contributed by atoms with Crippen LogP contribution in [0.5, 0.6) is 0 Å². The van der Waals surface area contributed by atoms with Crippen LogP contribution in [0.15, 0.2) is 0 Å². The van der Waals surface area contributed by atoms with Crippen molar-refractivity contribution >= 4 is 6.09 Å². The molecule has 2 N–H and O–H groups in total. The molecule has 1 aliphatic carbocycles. The van der Waals surface area contributed by atoms with Gasteiger partial charge >= 0.3 is 6.09 Å². The normalized spacial score (nSPS) is 15.5. The number of amides is 1. The number of rotatable bonds is 1. The van der Waals surface area contributed by atoms with Gasteiger partial charge in [-0.2, -0.15) is 0 Å². The molecule has 0 heterocycles. The fraction of sp³-hybridized carbons (Fsp3) is 0.929. The maximum Gasteiger partial charge on any atom is 0.407 e. The van der Waals surface area contributed by atoms with Crippen molar-refractivity contribution in [1.29, 1.82) is 0 Å². The van der Waals surface area contributed by atoms with Gasteiger partial charge in [-0.25, -0.2) is 4.79 Å². The molecular weight excluding hydrogens is 230 g/mol. The summed E-state index contributed by atoms with van der Waals surface area (Å²) >= 11 is 0. The largest absolute Gasteiger partial charge is 0.444 e. The van der Waals surface area contributed by atoms with E-state index in [1.165, 1.54) is 19.3 Å². The third kappa shape index (κ3) is 11.7. The minimum atomic E-state index is -0.390. The molecule has 1 fully saturated rings. The van der Waals surface area contributed by atoms with Crippen LogP contribution in [0, 0.1) is 0 Å². The van der Waals surface area contributed by atoms with E-state index in [-0.39, 0.29) is 6.09 Å². The van der Waals surface area contributed by atoms with Crippen LogP contribution >= 0.6 is 0 Å². The Kier molecular flexibility index (Phi) is 12.3. The van der Waals surface area contributed by atoms with E-state index in [2.05, 4.69) is 5.32 Å². The number of nitrogens with one attached hydrogen (secondary N) is 1. The first-order valence-electron chi connectivity index (χ1n) is 6.91. The smallest absolute Gasteiger partial charge is 0.407 e. The average Bonchev–Trinajstić information content (AvgIpc) is 2.33. The number of hydrogen-bond acceptors (Lipinski definition) is 3. The summed E-state index contributed by atoms with van der Waals surface area (Å²) in [5.74, 6) is 0. The van der Waals surface area contributed by atoms with Crippen LogP contribution in [0.1, 0.15) is 66.7 Å². The first kappa shape index (κ1) is 19.6. The highest BCUT2D eigenvalue weighted by molar-refractivity contribution is 5.68. The van der Waals surface area contributed by atoms with Crippen LogP contribution in [0.3, 0.4) is 0 Å². The van der Waals surface area contributed by atoms with Gasteiger partial charge in [-0.15, -0.1) is 0 Å². The molecule has 18 heavy (non-hydrogen) atoms.